The lowest BCUT2D eigenvalue weighted by Crippen LogP contribution is -2.05. The zero-order valence-corrected chi connectivity index (χ0v) is 10.3. The van der Waals surface area contributed by atoms with Crippen molar-refractivity contribution in [2.45, 2.75) is 6.92 Å². The third kappa shape index (κ3) is 2.57. The van der Waals surface area contributed by atoms with Crippen molar-refractivity contribution < 1.29 is 9.90 Å². The van der Waals surface area contributed by atoms with Gasteiger partial charge in [-0.15, -0.1) is 0 Å². The second kappa shape index (κ2) is 5.01. The Kier molecular flexibility index (Phi) is 3.43. The Balaban J connectivity index is 2.40. The van der Waals surface area contributed by atoms with Gasteiger partial charge in [0, 0.05) is 6.20 Å². The van der Waals surface area contributed by atoms with Gasteiger partial charge in [-0.1, -0.05) is 17.7 Å². The van der Waals surface area contributed by atoms with Crippen molar-refractivity contribution in [2.75, 3.05) is 5.32 Å². The van der Waals surface area contributed by atoms with E-state index < -0.39 is 5.97 Å². The molecule has 0 saturated heterocycles. The van der Waals surface area contributed by atoms with Crippen molar-refractivity contribution in [1.29, 1.82) is 0 Å². The van der Waals surface area contributed by atoms with Crippen LogP contribution < -0.4 is 5.32 Å². The first kappa shape index (κ1) is 12.3. The van der Waals surface area contributed by atoms with Gasteiger partial charge in [-0.05, 0) is 24.6 Å². The number of nitrogens with zero attached hydrogens (tertiary/aromatic N) is 2. The van der Waals surface area contributed by atoms with E-state index in [0.717, 1.165) is 5.56 Å². The third-order valence-corrected chi connectivity index (χ3v) is 2.65. The maximum Gasteiger partial charge on any atom is 0.341 e. The second-order valence-corrected chi connectivity index (χ2v) is 4.11. The summed E-state index contributed by atoms with van der Waals surface area (Å²) in [7, 11) is 0. The van der Waals surface area contributed by atoms with Crippen molar-refractivity contribution in [3.05, 3.63) is 46.9 Å². The molecule has 0 amide bonds. The summed E-state index contributed by atoms with van der Waals surface area (Å²) in [6.45, 7) is 1.92. The molecule has 1 heterocycles. The lowest BCUT2D eigenvalue weighted by atomic mass is 10.2. The van der Waals surface area contributed by atoms with Crippen LogP contribution in [0.1, 0.15) is 15.9 Å². The lowest BCUT2D eigenvalue weighted by Gasteiger charge is -2.10. The van der Waals surface area contributed by atoms with Crippen LogP contribution in [-0.4, -0.2) is 21.0 Å². The van der Waals surface area contributed by atoms with Crippen LogP contribution in [0.2, 0.25) is 5.02 Å². The van der Waals surface area contributed by atoms with Gasteiger partial charge >= 0.3 is 5.97 Å². The van der Waals surface area contributed by atoms with Crippen molar-refractivity contribution in [2.24, 2.45) is 0 Å². The molecule has 0 unspecified atom stereocenters. The van der Waals surface area contributed by atoms with E-state index in [9.17, 15) is 4.79 Å². The molecule has 92 valence electrons. The minimum atomic E-state index is -1.10. The number of nitrogens with one attached hydrogen (secondary N) is 1. The van der Waals surface area contributed by atoms with Crippen LogP contribution in [0, 0.1) is 6.92 Å². The summed E-state index contributed by atoms with van der Waals surface area (Å²) in [5.74, 6) is -0.883. The standard InChI is InChI=1S/C12H10ClN3O2/c1-7-2-3-9(13)10(4-7)16-11-8(12(17)18)5-14-6-15-11/h2-6H,1H3,(H,17,18)(H,14,15,16). The predicted molar refractivity (Wildman–Crippen MR) is 68.5 cm³/mol. The van der Waals surface area contributed by atoms with Crippen molar-refractivity contribution in [3.63, 3.8) is 0 Å². The van der Waals surface area contributed by atoms with Crippen molar-refractivity contribution >= 4 is 29.1 Å². The second-order valence-electron chi connectivity index (χ2n) is 3.70. The molecule has 2 rings (SSSR count). The van der Waals surface area contributed by atoms with E-state index >= 15 is 0 Å². The predicted octanol–water partition coefficient (Wildman–Crippen LogP) is 2.88. The van der Waals surface area contributed by atoms with Crippen LogP contribution in [0.3, 0.4) is 0 Å². The number of benzene rings is 1. The molecule has 0 bridgehead atoms. The average Bonchev–Trinajstić information content (AvgIpc) is 2.34. The van der Waals surface area contributed by atoms with Crippen LogP contribution >= 0.6 is 11.6 Å². The van der Waals surface area contributed by atoms with Crippen LogP contribution in [0.5, 0.6) is 0 Å². The zero-order chi connectivity index (χ0) is 13.1. The number of aromatic carboxylic acids is 1. The molecule has 0 aliphatic carbocycles. The van der Waals surface area contributed by atoms with E-state index in [4.69, 9.17) is 16.7 Å². The fourth-order valence-corrected chi connectivity index (χ4v) is 1.61. The summed E-state index contributed by atoms with van der Waals surface area (Å²) in [5, 5.41) is 12.4. The third-order valence-electron chi connectivity index (χ3n) is 2.32. The average molecular weight is 264 g/mol. The number of carboxylic acids is 1. The van der Waals surface area contributed by atoms with Crippen LogP contribution in [-0.2, 0) is 0 Å². The Hall–Kier alpha value is -2.14. The molecule has 2 N–H and O–H groups in total. The number of aromatic nitrogens is 2. The number of hydrogen-bond donors (Lipinski definition) is 2. The summed E-state index contributed by atoms with van der Waals surface area (Å²) in [4.78, 5) is 18.6. The summed E-state index contributed by atoms with van der Waals surface area (Å²) < 4.78 is 0. The summed E-state index contributed by atoms with van der Waals surface area (Å²) in [6, 6.07) is 5.42. The van der Waals surface area contributed by atoms with Gasteiger partial charge in [0.25, 0.3) is 0 Å². The van der Waals surface area contributed by atoms with E-state index in [0.29, 0.717) is 10.7 Å². The molecule has 0 aliphatic heterocycles. The molecule has 1 aromatic carbocycles. The topological polar surface area (TPSA) is 75.1 Å². The van der Waals surface area contributed by atoms with E-state index in [1.165, 1.54) is 12.5 Å². The minimum absolute atomic E-state index is 0.00456. The fraction of sp³-hybridized carbons (Fsp3) is 0.0833. The maximum absolute atomic E-state index is 11.0. The Bertz CT molecular complexity index is 602. The molecule has 2 aromatic rings. The van der Waals surface area contributed by atoms with Gasteiger partial charge in [-0.3, -0.25) is 0 Å². The highest BCUT2D eigenvalue weighted by Gasteiger charge is 2.12. The Morgan fingerprint density at radius 1 is 1.44 bits per heavy atom. The molecule has 1 aromatic heterocycles. The quantitative estimate of drug-likeness (QED) is 0.891. The van der Waals surface area contributed by atoms with Crippen molar-refractivity contribution in [1.82, 2.24) is 9.97 Å². The van der Waals surface area contributed by atoms with Crippen LogP contribution in [0.25, 0.3) is 0 Å². The Morgan fingerprint density at radius 3 is 2.94 bits per heavy atom. The monoisotopic (exact) mass is 263 g/mol. The molecular weight excluding hydrogens is 254 g/mol. The molecule has 6 heteroatoms. The number of carboxylic acid groups (broad SMARTS) is 1. The van der Waals surface area contributed by atoms with Crippen LogP contribution in [0.4, 0.5) is 11.5 Å². The number of aryl methyl sites for hydroxylation is 1. The van der Waals surface area contributed by atoms with E-state index in [-0.39, 0.29) is 11.4 Å². The van der Waals surface area contributed by atoms with Gasteiger partial charge in [-0.2, -0.15) is 0 Å². The number of rotatable bonds is 3. The number of halogens is 1. The fourth-order valence-electron chi connectivity index (χ4n) is 1.45. The summed E-state index contributed by atoms with van der Waals surface area (Å²) >= 11 is 6.02. The van der Waals surface area contributed by atoms with Gasteiger partial charge in [0.05, 0.1) is 10.7 Å². The van der Waals surface area contributed by atoms with E-state index in [1.54, 1.807) is 6.07 Å². The first-order valence-corrected chi connectivity index (χ1v) is 5.52. The largest absolute Gasteiger partial charge is 0.477 e. The van der Waals surface area contributed by atoms with Gasteiger partial charge < -0.3 is 10.4 Å². The number of carbonyl (C=O) groups is 1. The molecule has 0 spiro atoms. The smallest absolute Gasteiger partial charge is 0.341 e. The lowest BCUT2D eigenvalue weighted by molar-refractivity contribution is 0.0697. The van der Waals surface area contributed by atoms with Gasteiger partial charge in [-0.25, -0.2) is 14.8 Å². The van der Waals surface area contributed by atoms with E-state index in [2.05, 4.69) is 15.3 Å². The van der Waals surface area contributed by atoms with Crippen LogP contribution in [0.15, 0.2) is 30.7 Å². The van der Waals surface area contributed by atoms with Gasteiger partial charge in [0.15, 0.2) is 0 Å². The SMILES string of the molecule is Cc1ccc(Cl)c(Nc2ncncc2C(=O)O)c1. The molecule has 18 heavy (non-hydrogen) atoms. The summed E-state index contributed by atoms with van der Waals surface area (Å²) in [5.41, 5.74) is 1.61. The first-order chi connectivity index (χ1) is 8.58. The van der Waals surface area contributed by atoms with E-state index in [1.807, 2.05) is 19.1 Å². The van der Waals surface area contributed by atoms with Crippen molar-refractivity contribution in [3.8, 4) is 0 Å². The highest BCUT2D eigenvalue weighted by atomic mass is 35.5. The first-order valence-electron chi connectivity index (χ1n) is 5.14. The van der Waals surface area contributed by atoms with Gasteiger partial charge in [0.2, 0.25) is 0 Å². The zero-order valence-electron chi connectivity index (χ0n) is 9.51. The Labute approximate surface area is 108 Å². The molecule has 5 nitrogen and oxygen atoms in total. The number of anilines is 2. The molecule has 0 fully saturated rings. The molecule has 0 radical (unpaired) electrons. The molecular formula is C12H10ClN3O2. The maximum atomic E-state index is 11.0. The Morgan fingerprint density at radius 2 is 2.22 bits per heavy atom. The normalized spacial score (nSPS) is 10.1. The summed E-state index contributed by atoms with van der Waals surface area (Å²) in [6.07, 6.45) is 2.51. The molecule has 0 saturated carbocycles. The highest BCUT2D eigenvalue weighted by Crippen LogP contribution is 2.26. The molecule has 0 aliphatic rings. The molecule has 0 atom stereocenters. The highest BCUT2D eigenvalue weighted by molar-refractivity contribution is 6.33. The van der Waals surface area contributed by atoms with Gasteiger partial charge in [0.1, 0.15) is 17.7 Å². The number of hydrogen-bond acceptors (Lipinski definition) is 4. The minimum Gasteiger partial charge on any atom is -0.477 e.